The van der Waals surface area contributed by atoms with Crippen LogP contribution in [0.3, 0.4) is 0 Å². The van der Waals surface area contributed by atoms with Gasteiger partial charge in [-0.15, -0.1) is 0 Å². The molecule has 2 heterocycles. The summed E-state index contributed by atoms with van der Waals surface area (Å²) in [6.07, 6.45) is 1.40. The normalized spacial score (nSPS) is 11.0. The predicted molar refractivity (Wildman–Crippen MR) is 75.0 cm³/mol. The summed E-state index contributed by atoms with van der Waals surface area (Å²) in [5.74, 6) is 0.795. The van der Waals surface area contributed by atoms with Crippen molar-refractivity contribution in [1.82, 2.24) is 19.6 Å². The summed E-state index contributed by atoms with van der Waals surface area (Å²) in [4.78, 5) is 9.97. The smallest absolute Gasteiger partial charge is 0.255 e. The van der Waals surface area contributed by atoms with Crippen molar-refractivity contribution in [2.75, 3.05) is 11.9 Å². The summed E-state index contributed by atoms with van der Waals surface area (Å²) in [5, 5.41) is 4.49. The summed E-state index contributed by atoms with van der Waals surface area (Å²) < 4.78 is 15.0. The largest absolute Gasteiger partial charge is 0.329 e. The van der Waals surface area contributed by atoms with Crippen molar-refractivity contribution in [3.8, 4) is 0 Å². The SMILES string of the molecule is Cc1c(Cl)nc2ncnn2c1N(C)c1cccc(F)c1. The lowest BCUT2D eigenvalue weighted by Gasteiger charge is -2.22. The lowest BCUT2D eigenvalue weighted by molar-refractivity contribution is 0.628. The second-order valence-corrected chi connectivity index (χ2v) is 4.72. The molecular weight excluding hydrogens is 281 g/mol. The molecule has 102 valence electrons. The van der Waals surface area contributed by atoms with Gasteiger partial charge in [0.05, 0.1) is 0 Å². The third kappa shape index (κ3) is 1.98. The maximum Gasteiger partial charge on any atom is 0.255 e. The molecule has 1 aromatic carbocycles. The first-order chi connectivity index (χ1) is 9.58. The molecule has 0 spiro atoms. The number of benzene rings is 1. The van der Waals surface area contributed by atoms with E-state index in [4.69, 9.17) is 11.6 Å². The quantitative estimate of drug-likeness (QED) is 0.681. The summed E-state index contributed by atoms with van der Waals surface area (Å²) in [7, 11) is 1.81. The Labute approximate surface area is 119 Å². The molecule has 0 N–H and O–H groups in total. The Bertz CT molecular complexity index is 786. The van der Waals surface area contributed by atoms with Crippen molar-refractivity contribution in [1.29, 1.82) is 0 Å². The van der Waals surface area contributed by atoms with Gasteiger partial charge in [0.1, 0.15) is 23.1 Å². The summed E-state index contributed by atoms with van der Waals surface area (Å²) in [6.45, 7) is 1.83. The Morgan fingerprint density at radius 3 is 2.90 bits per heavy atom. The first-order valence-corrected chi connectivity index (χ1v) is 6.31. The fourth-order valence-electron chi connectivity index (χ4n) is 2.08. The maximum absolute atomic E-state index is 13.4. The van der Waals surface area contributed by atoms with E-state index >= 15 is 0 Å². The molecule has 0 aliphatic heterocycles. The number of halogens is 2. The molecule has 7 heteroatoms. The third-order valence-corrected chi connectivity index (χ3v) is 3.45. The van der Waals surface area contributed by atoms with Crippen molar-refractivity contribution in [3.05, 3.63) is 47.1 Å². The van der Waals surface area contributed by atoms with E-state index in [1.165, 1.54) is 18.5 Å². The minimum absolute atomic E-state index is 0.304. The number of aromatic nitrogens is 4. The van der Waals surface area contributed by atoms with E-state index in [1.54, 1.807) is 21.5 Å². The van der Waals surface area contributed by atoms with Gasteiger partial charge in [-0.2, -0.15) is 19.6 Å². The molecule has 20 heavy (non-hydrogen) atoms. The number of hydrogen-bond donors (Lipinski definition) is 0. The molecule has 0 unspecified atom stereocenters. The van der Waals surface area contributed by atoms with Gasteiger partial charge in [0, 0.05) is 18.3 Å². The van der Waals surface area contributed by atoms with Crippen LogP contribution in [0.4, 0.5) is 15.9 Å². The van der Waals surface area contributed by atoms with Crippen molar-refractivity contribution >= 4 is 28.9 Å². The number of hydrogen-bond acceptors (Lipinski definition) is 4. The van der Waals surface area contributed by atoms with Crippen LogP contribution in [0, 0.1) is 12.7 Å². The molecule has 0 aliphatic rings. The van der Waals surface area contributed by atoms with Crippen LogP contribution in [-0.2, 0) is 0 Å². The highest BCUT2D eigenvalue weighted by atomic mass is 35.5. The zero-order valence-electron chi connectivity index (χ0n) is 10.9. The summed E-state index contributed by atoms with van der Waals surface area (Å²) in [6, 6.07) is 6.29. The summed E-state index contributed by atoms with van der Waals surface area (Å²) >= 11 is 6.12. The Kier molecular flexibility index (Phi) is 3.02. The molecule has 3 rings (SSSR count). The Morgan fingerprint density at radius 1 is 1.35 bits per heavy atom. The number of anilines is 2. The van der Waals surface area contributed by atoms with Crippen LogP contribution in [0.1, 0.15) is 5.56 Å². The Balaban J connectivity index is 2.23. The van der Waals surface area contributed by atoms with Gasteiger partial charge in [-0.05, 0) is 25.1 Å². The maximum atomic E-state index is 13.4. The molecule has 5 nitrogen and oxygen atoms in total. The van der Waals surface area contributed by atoms with Gasteiger partial charge in [0.2, 0.25) is 0 Å². The van der Waals surface area contributed by atoms with Gasteiger partial charge >= 0.3 is 0 Å². The van der Waals surface area contributed by atoms with E-state index in [-0.39, 0.29) is 5.82 Å². The second-order valence-electron chi connectivity index (χ2n) is 4.36. The van der Waals surface area contributed by atoms with Crippen molar-refractivity contribution < 1.29 is 4.39 Å². The third-order valence-electron chi connectivity index (χ3n) is 3.09. The van der Waals surface area contributed by atoms with E-state index < -0.39 is 0 Å². The Morgan fingerprint density at radius 2 is 2.15 bits per heavy atom. The van der Waals surface area contributed by atoms with Gasteiger partial charge < -0.3 is 4.90 Å². The van der Waals surface area contributed by atoms with E-state index in [0.717, 1.165) is 5.56 Å². The molecule has 0 fully saturated rings. The molecule has 0 saturated heterocycles. The minimum atomic E-state index is -0.304. The molecule has 0 aliphatic carbocycles. The fourth-order valence-corrected chi connectivity index (χ4v) is 2.24. The molecule has 0 atom stereocenters. The van der Waals surface area contributed by atoms with Crippen LogP contribution in [0.5, 0.6) is 0 Å². The van der Waals surface area contributed by atoms with E-state index in [1.807, 2.05) is 14.0 Å². The van der Waals surface area contributed by atoms with Crippen molar-refractivity contribution in [3.63, 3.8) is 0 Å². The highest BCUT2D eigenvalue weighted by Gasteiger charge is 2.17. The van der Waals surface area contributed by atoms with E-state index in [0.29, 0.717) is 22.4 Å². The van der Waals surface area contributed by atoms with E-state index in [2.05, 4.69) is 15.1 Å². The fraction of sp³-hybridized carbons (Fsp3) is 0.154. The van der Waals surface area contributed by atoms with Gasteiger partial charge in [0.15, 0.2) is 0 Å². The zero-order valence-corrected chi connectivity index (χ0v) is 11.6. The first kappa shape index (κ1) is 12.8. The average molecular weight is 292 g/mol. The minimum Gasteiger partial charge on any atom is -0.329 e. The van der Waals surface area contributed by atoms with Gasteiger partial charge in [0.25, 0.3) is 5.78 Å². The number of nitrogens with zero attached hydrogens (tertiary/aromatic N) is 5. The number of fused-ring (bicyclic) bond motifs is 1. The average Bonchev–Trinajstić information content (AvgIpc) is 2.87. The van der Waals surface area contributed by atoms with Gasteiger partial charge in [-0.25, -0.2) is 4.39 Å². The van der Waals surface area contributed by atoms with Crippen LogP contribution < -0.4 is 4.90 Å². The monoisotopic (exact) mass is 291 g/mol. The number of rotatable bonds is 2. The molecule has 0 saturated carbocycles. The summed E-state index contributed by atoms with van der Waals surface area (Å²) in [5.41, 5.74) is 1.43. The van der Waals surface area contributed by atoms with Gasteiger partial charge in [-0.3, -0.25) is 0 Å². The highest BCUT2D eigenvalue weighted by molar-refractivity contribution is 6.30. The lowest BCUT2D eigenvalue weighted by atomic mass is 10.2. The zero-order chi connectivity index (χ0) is 14.3. The molecular formula is C13H11ClFN5. The van der Waals surface area contributed by atoms with E-state index in [9.17, 15) is 4.39 Å². The van der Waals surface area contributed by atoms with Crippen LogP contribution >= 0.6 is 11.6 Å². The topological polar surface area (TPSA) is 46.3 Å². The Hall–Kier alpha value is -2.21. The van der Waals surface area contributed by atoms with Gasteiger partial charge in [-0.1, -0.05) is 17.7 Å². The lowest BCUT2D eigenvalue weighted by Crippen LogP contribution is -2.16. The molecule has 0 radical (unpaired) electrons. The van der Waals surface area contributed by atoms with Crippen LogP contribution in [0.15, 0.2) is 30.6 Å². The van der Waals surface area contributed by atoms with Crippen LogP contribution in [0.25, 0.3) is 5.78 Å². The highest BCUT2D eigenvalue weighted by Crippen LogP contribution is 2.30. The van der Waals surface area contributed by atoms with Crippen molar-refractivity contribution in [2.45, 2.75) is 6.92 Å². The van der Waals surface area contributed by atoms with Crippen molar-refractivity contribution in [2.24, 2.45) is 0 Å². The van der Waals surface area contributed by atoms with Crippen LogP contribution in [0.2, 0.25) is 5.15 Å². The first-order valence-electron chi connectivity index (χ1n) is 5.93. The molecule has 2 aromatic heterocycles. The standard InChI is InChI=1S/C13H11ClFN5/c1-8-11(14)18-13-16-7-17-20(13)12(8)19(2)10-5-3-4-9(15)6-10/h3-7H,1-2H3. The molecule has 3 aromatic rings. The van der Waals surface area contributed by atoms with Crippen LogP contribution in [-0.4, -0.2) is 26.6 Å². The second kappa shape index (κ2) is 4.72. The molecule has 0 bridgehead atoms. The molecule has 0 amide bonds. The predicted octanol–water partition coefficient (Wildman–Crippen LogP) is 2.99.